The van der Waals surface area contributed by atoms with E-state index < -0.39 is 66.8 Å². The van der Waals surface area contributed by atoms with Gasteiger partial charge in [-0.3, -0.25) is 0 Å². The summed E-state index contributed by atoms with van der Waals surface area (Å²) in [6.07, 6.45) is -9.77. The molecule has 0 spiro atoms. The van der Waals surface area contributed by atoms with Crippen molar-refractivity contribution in [1.29, 1.82) is 0 Å². The summed E-state index contributed by atoms with van der Waals surface area (Å²) in [4.78, 5) is 0. The van der Waals surface area contributed by atoms with Crippen LogP contribution in [0.4, 0.5) is 79.0 Å². The summed E-state index contributed by atoms with van der Waals surface area (Å²) in [5, 5.41) is -14.2. The Bertz CT molecular complexity index is 938. The quantitative estimate of drug-likeness (QED) is 0.152. The SMILES string of the molecule is O=S(=O)([O-])C(F)(F)C(F)(F)C(F)(F)C(F)(F)F.O=S(=O)([O-])C(F)(F)C(F)(F)C(F)(F)C(F)(F)F.[CH2]CCC.[CH2]CCC.[Sn+2]. The molecule has 0 atom stereocenters. The third-order valence-corrected chi connectivity index (χ3v) is 5.34. The molecule has 0 amide bonds. The second kappa shape index (κ2) is 16.8. The molecule has 43 heavy (non-hydrogen) atoms. The number of hydrogen-bond donors (Lipinski definition) is 0. The number of alkyl halides is 18. The Morgan fingerprint density at radius 2 is 0.605 bits per heavy atom. The van der Waals surface area contributed by atoms with Crippen LogP contribution in [0.1, 0.15) is 39.5 Å². The Morgan fingerprint density at radius 1 is 0.465 bits per heavy atom. The molecule has 0 saturated heterocycles. The van der Waals surface area contributed by atoms with Gasteiger partial charge in [-0.05, 0) is 0 Å². The van der Waals surface area contributed by atoms with E-state index in [1.807, 2.05) is 0 Å². The van der Waals surface area contributed by atoms with Gasteiger partial charge in [0.15, 0.2) is 20.2 Å². The first kappa shape index (κ1) is 51.9. The minimum absolute atomic E-state index is 0. The average Bonchev–Trinajstić information content (AvgIpc) is 2.76. The first-order chi connectivity index (χ1) is 17.8. The number of rotatable bonds is 8. The fourth-order valence-corrected chi connectivity index (χ4v) is 1.92. The van der Waals surface area contributed by atoms with Crippen LogP contribution in [0.3, 0.4) is 0 Å². The molecule has 0 aromatic carbocycles. The number of halogens is 18. The van der Waals surface area contributed by atoms with Crippen molar-refractivity contribution in [3.8, 4) is 0 Å². The van der Waals surface area contributed by atoms with E-state index in [1.54, 1.807) is 0 Å². The summed E-state index contributed by atoms with van der Waals surface area (Å²) in [5.41, 5.74) is 0. The molecule has 0 rings (SSSR count). The molecule has 0 N–H and O–H groups in total. The van der Waals surface area contributed by atoms with Gasteiger partial charge < -0.3 is 9.11 Å². The largest absolute Gasteiger partial charge is 2.00 e. The third kappa shape index (κ3) is 11.9. The van der Waals surface area contributed by atoms with Gasteiger partial charge in [0.1, 0.15) is 0 Å². The molecular formula is C16H18F18O6S2Sn. The molecule has 0 unspecified atom stereocenters. The molecule has 0 saturated carbocycles. The van der Waals surface area contributed by atoms with Crippen molar-refractivity contribution in [3.05, 3.63) is 13.8 Å². The molecular weight excluding hydrogens is 813 g/mol. The van der Waals surface area contributed by atoms with Crippen LogP contribution in [0.15, 0.2) is 0 Å². The average molecular weight is 831 g/mol. The molecule has 4 radical (unpaired) electrons. The molecule has 0 aliphatic heterocycles. The van der Waals surface area contributed by atoms with E-state index in [9.17, 15) is 105 Å². The Labute approximate surface area is 249 Å². The van der Waals surface area contributed by atoms with Crippen LogP contribution < -0.4 is 0 Å². The molecule has 0 aliphatic carbocycles. The van der Waals surface area contributed by atoms with Crippen molar-refractivity contribution in [1.82, 2.24) is 0 Å². The molecule has 0 bridgehead atoms. The molecule has 0 aromatic heterocycles. The van der Waals surface area contributed by atoms with Crippen molar-refractivity contribution < 1.29 is 105 Å². The first-order valence-corrected chi connectivity index (χ1v) is 12.5. The monoisotopic (exact) mass is 832 g/mol. The Hall–Kier alpha value is -0.641. The zero-order valence-corrected chi connectivity index (χ0v) is 25.3. The molecule has 6 nitrogen and oxygen atoms in total. The molecule has 0 aliphatic rings. The summed E-state index contributed by atoms with van der Waals surface area (Å²) in [5.74, 6) is -29.6. The summed E-state index contributed by atoms with van der Waals surface area (Å²) in [7, 11) is -14.8. The maximum absolute atomic E-state index is 12.2. The third-order valence-electron chi connectivity index (χ3n) is 3.57. The van der Waals surface area contributed by atoms with Crippen LogP contribution in [0, 0.1) is 13.8 Å². The standard InChI is InChI=1S/2C4HF9O3S.2C4H9.Sn/c2*5-1(6,3(9,10)11)2(7,8)4(12,13)17(14,15)16;2*1-3-4-2;/h2*(H,14,15,16);2*1,3-4H2,2H3;/q;;;;+2/p-2. The number of hydrogen-bond acceptors (Lipinski definition) is 6. The predicted molar refractivity (Wildman–Crippen MR) is 107 cm³/mol. The van der Waals surface area contributed by atoms with Gasteiger partial charge in [0, 0.05) is 0 Å². The number of unbranched alkanes of at least 4 members (excludes halogenated alkanes) is 2. The van der Waals surface area contributed by atoms with Crippen molar-refractivity contribution >= 4 is 44.1 Å². The van der Waals surface area contributed by atoms with Gasteiger partial charge in [0.05, 0.1) is 0 Å². The molecule has 0 aromatic rings. The predicted octanol–water partition coefficient (Wildman–Crippen LogP) is 6.77. The topological polar surface area (TPSA) is 114 Å². The van der Waals surface area contributed by atoms with Gasteiger partial charge >= 0.3 is 70.5 Å². The van der Waals surface area contributed by atoms with Gasteiger partial charge in [0.25, 0.3) is 0 Å². The Kier molecular flexibility index (Phi) is 20.3. The molecule has 0 heterocycles. The fourth-order valence-electron chi connectivity index (χ4n) is 1.04. The zero-order chi connectivity index (χ0) is 35.8. The van der Waals surface area contributed by atoms with Gasteiger partial charge in [-0.15, -0.1) is 0 Å². The van der Waals surface area contributed by atoms with Crippen molar-refractivity contribution in [3.63, 3.8) is 0 Å². The van der Waals surface area contributed by atoms with E-state index in [0.717, 1.165) is 12.8 Å². The maximum atomic E-state index is 12.2. The van der Waals surface area contributed by atoms with Gasteiger partial charge in [-0.25, -0.2) is 16.8 Å². The van der Waals surface area contributed by atoms with Crippen LogP contribution in [0.25, 0.3) is 0 Å². The molecule has 0 fully saturated rings. The van der Waals surface area contributed by atoms with Crippen molar-refractivity contribution in [2.24, 2.45) is 0 Å². The van der Waals surface area contributed by atoms with Crippen molar-refractivity contribution in [2.75, 3.05) is 0 Å². The van der Waals surface area contributed by atoms with Crippen LogP contribution in [-0.2, 0) is 20.2 Å². The second-order valence-corrected chi connectivity index (χ2v) is 9.78. The van der Waals surface area contributed by atoms with Gasteiger partial charge in [0.2, 0.25) is 0 Å². The smallest absolute Gasteiger partial charge is 0.743 e. The van der Waals surface area contributed by atoms with Crippen LogP contribution in [0.2, 0.25) is 0 Å². The van der Waals surface area contributed by atoms with E-state index in [4.69, 9.17) is 0 Å². The minimum Gasteiger partial charge on any atom is -0.743 e. The van der Waals surface area contributed by atoms with Crippen molar-refractivity contribution in [2.45, 2.75) is 86.1 Å². The van der Waals surface area contributed by atoms with Crippen LogP contribution in [0.5, 0.6) is 0 Å². The Morgan fingerprint density at radius 3 is 0.674 bits per heavy atom. The minimum atomic E-state index is -7.43. The van der Waals surface area contributed by atoms with E-state index in [0.29, 0.717) is 0 Å². The zero-order valence-electron chi connectivity index (χ0n) is 20.8. The van der Waals surface area contributed by atoms with Crippen LogP contribution in [-0.4, -0.2) is 96.4 Å². The maximum Gasteiger partial charge on any atom is 2.00 e. The Balaban J connectivity index is -0.000000175. The van der Waals surface area contributed by atoms with E-state index in [2.05, 4.69) is 27.7 Å². The van der Waals surface area contributed by atoms with E-state index in [1.165, 1.54) is 12.8 Å². The van der Waals surface area contributed by atoms with Crippen LogP contribution >= 0.6 is 0 Å². The molecule has 260 valence electrons. The fraction of sp³-hybridized carbons (Fsp3) is 0.875. The summed E-state index contributed by atoms with van der Waals surface area (Å²) >= 11 is 0. The summed E-state index contributed by atoms with van der Waals surface area (Å²) in [6.45, 7) is 11.4. The molecule has 27 heteroatoms. The summed E-state index contributed by atoms with van der Waals surface area (Å²) in [6, 6.07) is 0. The first-order valence-electron chi connectivity index (χ1n) is 9.72. The normalized spacial score (nSPS) is 14.1. The second-order valence-electron chi connectivity index (χ2n) is 6.94. The van der Waals surface area contributed by atoms with E-state index in [-0.39, 0.29) is 23.9 Å². The van der Waals surface area contributed by atoms with E-state index >= 15 is 0 Å². The van der Waals surface area contributed by atoms with Gasteiger partial charge in [-0.2, -0.15) is 79.0 Å². The van der Waals surface area contributed by atoms with Gasteiger partial charge in [-0.1, -0.05) is 53.4 Å². The summed E-state index contributed by atoms with van der Waals surface area (Å²) < 4.78 is 271.